The zero-order chi connectivity index (χ0) is 21.5. The summed E-state index contributed by atoms with van der Waals surface area (Å²) in [7, 11) is 1.62. The number of Topliss-reactive ketones (excluding diaryl/α,β-unsaturated/α-hetero) is 1. The average Bonchev–Trinajstić information content (AvgIpc) is 2.71. The quantitative estimate of drug-likeness (QED) is 0.251. The number of nitrogens with one attached hydrogen (secondary N) is 2. The lowest BCUT2D eigenvalue weighted by Crippen LogP contribution is -2.38. The molecule has 0 fully saturated rings. The number of ether oxygens (including phenoxy) is 4. The summed E-state index contributed by atoms with van der Waals surface area (Å²) >= 11 is 0. The van der Waals surface area contributed by atoms with Crippen molar-refractivity contribution >= 4 is 17.2 Å². The summed E-state index contributed by atoms with van der Waals surface area (Å²) in [5.41, 5.74) is -0.464. The Hall–Kier alpha value is -1.81. The Labute approximate surface area is 171 Å². The van der Waals surface area contributed by atoms with E-state index in [1.165, 1.54) is 0 Å². The molecule has 0 unspecified atom stereocenters. The molecule has 2 N–H and O–H groups in total. The molecule has 1 aromatic rings. The monoisotopic (exact) mass is 414 g/mol. The van der Waals surface area contributed by atoms with Crippen molar-refractivity contribution in [2.45, 2.75) is 26.7 Å². The molecule has 1 aromatic carbocycles. The van der Waals surface area contributed by atoms with Crippen molar-refractivity contribution in [1.82, 2.24) is 0 Å². The molecule has 0 saturated heterocycles. The van der Waals surface area contributed by atoms with E-state index in [9.17, 15) is 14.4 Å². The Morgan fingerprint density at radius 3 is 1.79 bits per heavy atom. The average molecular weight is 414 g/mol. The van der Waals surface area contributed by atoms with Gasteiger partial charge in [-0.3, -0.25) is 14.4 Å². The molecule has 0 bridgehead atoms. The summed E-state index contributed by atoms with van der Waals surface area (Å²) < 4.78 is 20.9. The summed E-state index contributed by atoms with van der Waals surface area (Å²) in [6.45, 7) is 7.99. The lowest BCUT2D eigenvalue weighted by Gasteiger charge is -2.15. The normalized spacial score (nSPS) is 11.3. The molecule has 0 spiro atoms. The summed E-state index contributed by atoms with van der Waals surface area (Å²) in [5, 5.41) is 5.88. The van der Waals surface area contributed by atoms with Crippen LogP contribution in [0.15, 0.2) is 9.59 Å². The fraction of sp³-hybridized carbons (Fsp3) is 0.750. The Morgan fingerprint density at radius 2 is 1.28 bits per heavy atom. The predicted molar refractivity (Wildman–Crippen MR) is 112 cm³/mol. The van der Waals surface area contributed by atoms with Gasteiger partial charge < -0.3 is 29.6 Å². The maximum atomic E-state index is 11.7. The van der Waals surface area contributed by atoms with Crippen molar-refractivity contribution in [3.05, 3.63) is 20.4 Å². The standard InChI is InChI=1S/C20H34N2O7/c1-15(2)16(23)5-4-6-21-17-18(20(25)19(17)24)22-7-8-27-11-12-29-14-13-28-10-9-26-3/h15,21-22H,4-14H2,1-3H3. The van der Waals surface area contributed by atoms with Crippen molar-refractivity contribution in [2.75, 3.05) is 77.1 Å². The van der Waals surface area contributed by atoms with E-state index in [4.69, 9.17) is 18.9 Å². The zero-order valence-corrected chi connectivity index (χ0v) is 17.7. The minimum Gasteiger partial charge on any atom is -0.382 e. The minimum atomic E-state index is -0.525. The zero-order valence-electron chi connectivity index (χ0n) is 17.7. The number of rotatable bonds is 19. The van der Waals surface area contributed by atoms with Gasteiger partial charge in [-0.2, -0.15) is 0 Å². The Kier molecular flexibility index (Phi) is 13.1. The Balaban J connectivity index is 2.09. The molecule has 166 valence electrons. The summed E-state index contributed by atoms with van der Waals surface area (Å²) in [4.78, 5) is 35.0. The van der Waals surface area contributed by atoms with E-state index in [1.54, 1.807) is 7.11 Å². The molecule has 0 aromatic heterocycles. The minimum absolute atomic E-state index is 0.0120. The topological polar surface area (TPSA) is 112 Å². The molecule has 1 rings (SSSR count). The van der Waals surface area contributed by atoms with Gasteiger partial charge in [0.2, 0.25) is 0 Å². The summed E-state index contributed by atoms with van der Waals surface area (Å²) in [6.07, 6.45) is 1.08. The van der Waals surface area contributed by atoms with Gasteiger partial charge in [0.25, 0.3) is 10.9 Å². The summed E-state index contributed by atoms with van der Waals surface area (Å²) in [5.74, 6) is 0.202. The van der Waals surface area contributed by atoms with Crippen LogP contribution in [0.25, 0.3) is 0 Å². The predicted octanol–water partition coefficient (Wildman–Crippen LogP) is 0.808. The molecule has 0 heterocycles. The second kappa shape index (κ2) is 15.1. The van der Waals surface area contributed by atoms with Gasteiger partial charge in [-0.1, -0.05) is 13.8 Å². The maximum absolute atomic E-state index is 11.7. The van der Waals surface area contributed by atoms with E-state index in [0.29, 0.717) is 83.6 Å². The van der Waals surface area contributed by atoms with Gasteiger partial charge in [-0.05, 0) is 6.42 Å². The number of hydrogen-bond acceptors (Lipinski definition) is 9. The van der Waals surface area contributed by atoms with Gasteiger partial charge in [-0.15, -0.1) is 0 Å². The lowest BCUT2D eigenvalue weighted by molar-refractivity contribution is -0.121. The first kappa shape index (κ1) is 25.2. The summed E-state index contributed by atoms with van der Waals surface area (Å²) in [6, 6.07) is 0. The molecule has 0 aliphatic carbocycles. The highest BCUT2D eigenvalue weighted by atomic mass is 16.6. The third kappa shape index (κ3) is 9.98. The molecule has 0 amide bonds. The van der Waals surface area contributed by atoms with Crippen LogP contribution in [0.5, 0.6) is 0 Å². The van der Waals surface area contributed by atoms with Gasteiger partial charge in [0.05, 0.1) is 46.2 Å². The van der Waals surface area contributed by atoms with Crippen LogP contribution in [-0.4, -0.2) is 72.2 Å². The van der Waals surface area contributed by atoms with Crippen molar-refractivity contribution in [3.63, 3.8) is 0 Å². The lowest BCUT2D eigenvalue weighted by atomic mass is 10.0. The highest BCUT2D eigenvalue weighted by Crippen LogP contribution is 2.14. The fourth-order valence-corrected chi connectivity index (χ4v) is 2.43. The number of hydrogen-bond donors (Lipinski definition) is 2. The number of anilines is 2. The van der Waals surface area contributed by atoms with E-state index >= 15 is 0 Å². The number of methoxy groups -OCH3 is 1. The second-order valence-electron chi connectivity index (χ2n) is 6.82. The van der Waals surface area contributed by atoms with E-state index < -0.39 is 10.9 Å². The van der Waals surface area contributed by atoms with E-state index in [0.717, 1.165) is 0 Å². The van der Waals surface area contributed by atoms with Gasteiger partial charge in [-0.25, -0.2) is 0 Å². The smallest absolute Gasteiger partial charge is 0.253 e. The second-order valence-corrected chi connectivity index (χ2v) is 6.82. The van der Waals surface area contributed by atoms with Crippen LogP contribution in [0.4, 0.5) is 11.4 Å². The van der Waals surface area contributed by atoms with Crippen LogP contribution in [0.1, 0.15) is 26.7 Å². The van der Waals surface area contributed by atoms with Crippen molar-refractivity contribution in [1.29, 1.82) is 0 Å². The van der Waals surface area contributed by atoms with Crippen LogP contribution in [0, 0.1) is 5.92 Å². The van der Waals surface area contributed by atoms with E-state index in [2.05, 4.69) is 10.6 Å². The van der Waals surface area contributed by atoms with Crippen LogP contribution in [0.3, 0.4) is 0 Å². The molecule has 9 nitrogen and oxygen atoms in total. The first-order chi connectivity index (χ1) is 14.0. The van der Waals surface area contributed by atoms with E-state index in [1.807, 2.05) is 13.8 Å². The number of ketones is 1. The number of carbonyl (C=O) groups excluding carboxylic acids is 1. The molecule has 0 aliphatic heterocycles. The molecule has 9 heteroatoms. The van der Waals surface area contributed by atoms with Crippen LogP contribution >= 0.6 is 0 Å². The van der Waals surface area contributed by atoms with Crippen molar-refractivity contribution in [2.24, 2.45) is 5.92 Å². The van der Waals surface area contributed by atoms with Crippen LogP contribution in [0.2, 0.25) is 0 Å². The first-order valence-corrected chi connectivity index (χ1v) is 10.0. The largest absolute Gasteiger partial charge is 0.382 e. The van der Waals surface area contributed by atoms with Crippen LogP contribution < -0.4 is 21.5 Å². The van der Waals surface area contributed by atoms with E-state index in [-0.39, 0.29) is 11.7 Å². The highest BCUT2D eigenvalue weighted by Gasteiger charge is 2.20. The van der Waals surface area contributed by atoms with Gasteiger partial charge in [0.1, 0.15) is 17.2 Å². The van der Waals surface area contributed by atoms with Gasteiger partial charge in [0.15, 0.2) is 0 Å². The molecule has 0 aliphatic rings. The maximum Gasteiger partial charge on any atom is 0.253 e. The Morgan fingerprint density at radius 1 is 0.793 bits per heavy atom. The molecule has 29 heavy (non-hydrogen) atoms. The highest BCUT2D eigenvalue weighted by molar-refractivity contribution is 5.80. The van der Waals surface area contributed by atoms with Crippen molar-refractivity contribution in [3.8, 4) is 0 Å². The third-order valence-electron chi connectivity index (χ3n) is 4.18. The van der Waals surface area contributed by atoms with Crippen LogP contribution in [-0.2, 0) is 23.7 Å². The molecular formula is C20H34N2O7. The molecule has 0 atom stereocenters. The first-order valence-electron chi connectivity index (χ1n) is 10.0. The van der Waals surface area contributed by atoms with Crippen molar-refractivity contribution < 1.29 is 23.7 Å². The number of carbonyl (C=O) groups is 1. The third-order valence-corrected chi connectivity index (χ3v) is 4.18. The molecule has 0 radical (unpaired) electrons. The molecule has 0 saturated carbocycles. The van der Waals surface area contributed by atoms with Gasteiger partial charge >= 0.3 is 0 Å². The fourth-order valence-electron chi connectivity index (χ4n) is 2.43. The SMILES string of the molecule is COCCOCCOCCOCCNc1c(NCCCC(=O)C(C)C)c(=O)c1=O. The molecular weight excluding hydrogens is 380 g/mol. The van der Waals surface area contributed by atoms with Gasteiger partial charge in [0, 0.05) is 32.5 Å². The Bertz CT molecular complexity index is 654.